The SMILES string of the molecule is COc1ccc(C(=O)Nc2ccc(CC(N)=O)cc2)cc1S(=O)(=O)NCCc1ccccc1. The molecule has 3 rings (SSSR count). The summed E-state index contributed by atoms with van der Waals surface area (Å²) in [6.45, 7) is 0.198. The lowest BCUT2D eigenvalue weighted by Crippen LogP contribution is -2.27. The average molecular weight is 468 g/mol. The summed E-state index contributed by atoms with van der Waals surface area (Å²) >= 11 is 0. The summed E-state index contributed by atoms with van der Waals surface area (Å²) in [5.74, 6) is -0.799. The molecule has 0 radical (unpaired) electrons. The number of methoxy groups -OCH3 is 1. The van der Waals surface area contributed by atoms with Crippen molar-refractivity contribution < 1.29 is 22.7 Å². The zero-order chi connectivity index (χ0) is 23.8. The van der Waals surface area contributed by atoms with Crippen LogP contribution in [-0.4, -0.2) is 33.9 Å². The number of ether oxygens (including phenoxy) is 1. The number of hydrogen-bond donors (Lipinski definition) is 3. The van der Waals surface area contributed by atoms with E-state index in [1.807, 2.05) is 30.3 Å². The lowest BCUT2D eigenvalue weighted by atomic mass is 10.1. The number of amides is 2. The maximum Gasteiger partial charge on any atom is 0.255 e. The van der Waals surface area contributed by atoms with E-state index in [4.69, 9.17) is 10.5 Å². The van der Waals surface area contributed by atoms with E-state index < -0.39 is 21.8 Å². The third-order valence-corrected chi connectivity index (χ3v) is 6.34. The molecule has 0 bridgehead atoms. The van der Waals surface area contributed by atoms with E-state index >= 15 is 0 Å². The third kappa shape index (κ3) is 6.64. The van der Waals surface area contributed by atoms with Crippen LogP contribution >= 0.6 is 0 Å². The smallest absolute Gasteiger partial charge is 0.255 e. The van der Waals surface area contributed by atoms with Crippen molar-refractivity contribution in [2.45, 2.75) is 17.7 Å². The van der Waals surface area contributed by atoms with E-state index in [9.17, 15) is 18.0 Å². The van der Waals surface area contributed by atoms with E-state index in [1.165, 1.54) is 25.3 Å². The lowest BCUT2D eigenvalue weighted by Gasteiger charge is -2.13. The highest BCUT2D eigenvalue weighted by molar-refractivity contribution is 7.89. The standard InChI is InChI=1S/C24H25N3O5S/c1-32-21-12-9-19(24(29)27-20-10-7-18(8-11-20)15-23(25)28)16-22(21)33(30,31)26-14-13-17-5-3-2-4-6-17/h2-12,16,26H,13-15H2,1H3,(H2,25,28)(H,27,29). The number of benzene rings is 3. The fraction of sp³-hybridized carbons (Fsp3) is 0.167. The summed E-state index contributed by atoms with van der Waals surface area (Å²) in [6.07, 6.45) is 0.625. The predicted molar refractivity (Wildman–Crippen MR) is 126 cm³/mol. The zero-order valence-corrected chi connectivity index (χ0v) is 18.9. The van der Waals surface area contributed by atoms with Crippen LogP contribution in [0.25, 0.3) is 0 Å². The summed E-state index contributed by atoms with van der Waals surface area (Å²) in [5, 5.41) is 2.71. The van der Waals surface area contributed by atoms with Crippen LogP contribution in [0.3, 0.4) is 0 Å². The summed E-state index contributed by atoms with van der Waals surface area (Å²) in [6, 6.07) is 20.4. The Hall–Kier alpha value is -3.69. The van der Waals surface area contributed by atoms with E-state index in [2.05, 4.69) is 10.0 Å². The molecule has 3 aromatic carbocycles. The molecule has 0 saturated heterocycles. The molecule has 4 N–H and O–H groups in total. The summed E-state index contributed by atoms with van der Waals surface area (Å²) < 4.78 is 33.6. The Morgan fingerprint density at radius 3 is 2.27 bits per heavy atom. The summed E-state index contributed by atoms with van der Waals surface area (Å²) in [4.78, 5) is 23.6. The van der Waals surface area contributed by atoms with Crippen LogP contribution in [0.15, 0.2) is 77.7 Å². The Labute approximate surface area is 192 Å². The molecule has 172 valence electrons. The van der Waals surface area contributed by atoms with Gasteiger partial charge in [0.1, 0.15) is 10.6 Å². The molecule has 0 saturated carbocycles. The van der Waals surface area contributed by atoms with Gasteiger partial charge in [-0.1, -0.05) is 42.5 Å². The maximum atomic E-state index is 12.9. The number of nitrogens with one attached hydrogen (secondary N) is 2. The number of rotatable bonds is 10. The van der Waals surface area contributed by atoms with Gasteiger partial charge in [0, 0.05) is 17.8 Å². The Morgan fingerprint density at radius 1 is 0.939 bits per heavy atom. The molecule has 0 unspecified atom stereocenters. The first-order chi connectivity index (χ1) is 15.8. The highest BCUT2D eigenvalue weighted by Gasteiger charge is 2.21. The molecule has 0 spiro atoms. The van der Waals surface area contributed by atoms with Crippen molar-refractivity contribution in [2.75, 3.05) is 19.0 Å². The van der Waals surface area contributed by atoms with Gasteiger partial charge in [0.15, 0.2) is 0 Å². The van der Waals surface area contributed by atoms with Crippen molar-refractivity contribution in [1.29, 1.82) is 0 Å². The molecule has 0 fully saturated rings. The Kier molecular flexibility index (Phi) is 7.81. The molecule has 8 nitrogen and oxygen atoms in total. The Morgan fingerprint density at radius 2 is 1.64 bits per heavy atom. The average Bonchev–Trinajstić information content (AvgIpc) is 2.80. The van der Waals surface area contributed by atoms with Crippen LogP contribution in [-0.2, 0) is 27.7 Å². The summed E-state index contributed by atoms with van der Waals surface area (Å²) in [7, 11) is -2.55. The first-order valence-electron chi connectivity index (χ1n) is 10.2. The minimum Gasteiger partial charge on any atom is -0.495 e. The fourth-order valence-electron chi connectivity index (χ4n) is 3.19. The highest BCUT2D eigenvalue weighted by atomic mass is 32.2. The van der Waals surface area contributed by atoms with Gasteiger partial charge in [0.2, 0.25) is 15.9 Å². The van der Waals surface area contributed by atoms with Crippen molar-refractivity contribution >= 4 is 27.5 Å². The minimum atomic E-state index is -3.92. The van der Waals surface area contributed by atoms with Crippen molar-refractivity contribution in [3.05, 3.63) is 89.5 Å². The van der Waals surface area contributed by atoms with Gasteiger partial charge in [0.25, 0.3) is 5.91 Å². The maximum absolute atomic E-state index is 12.9. The van der Waals surface area contributed by atoms with Gasteiger partial charge in [-0.2, -0.15) is 0 Å². The van der Waals surface area contributed by atoms with E-state index in [0.29, 0.717) is 12.1 Å². The van der Waals surface area contributed by atoms with Crippen molar-refractivity contribution in [2.24, 2.45) is 5.73 Å². The van der Waals surface area contributed by atoms with Crippen LogP contribution in [0.1, 0.15) is 21.5 Å². The quantitative estimate of drug-likeness (QED) is 0.422. The molecular weight excluding hydrogens is 442 g/mol. The number of carbonyl (C=O) groups is 2. The van der Waals surface area contributed by atoms with Gasteiger partial charge >= 0.3 is 0 Å². The van der Waals surface area contributed by atoms with Crippen LogP contribution in [0, 0.1) is 0 Å². The van der Waals surface area contributed by atoms with Crippen LogP contribution in [0.2, 0.25) is 0 Å². The Bertz CT molecular complexity index is 1230. The van der Waals surface area contributed by atoms with Gasteiger partial charge in [-0.25, -0.2) is 13.1 Å². The molecule has 0 aliphatic heterocycles. The molecule has 3 aromatic rings. The van der Waals surface area contributed by atoms with Crippen molar-refractivity contribution in [1.82, 2.24) is 4.72 Å². The van der Waals surface area contributed by atoms with Crippen LogP contribution in [0.4, 0.5) is 5.69 Å². The van der Waals surface area contributed by atoms with Gasteiger partial charge in [-0.15, -0.1) is 0 Å². The lowest BCUT2D eigenvalue weighted by molar-refractivity contribution is -0.117. The number of sulfonamides is 1. The Balaban J connectivity index is 1.73. The number of anilines is 1. The first-order valence-corrected chi connectivity index (χ1v) is 11.7. The molecule has 0 aliphatic carbocycles. The van der Waals surface area contributed by atoms with Gasteiger partial charge < -0.3 is 15.8 Å². The van der Waals surface area contributed by atoms with Gasteiger partial charge in [-0.05, 0) is 47.9 Å². The third-order valence-electron chi connectivity index (χ3n) is 4.85. The number of nitrogens with two attached hydrogens (primary N) is 1. The molecule has 0 aliphatic rings. The van der Waals surface area contributed by atoms with Gasteiger partial charge in [0.05, 0.1) is 13.5 Å². The van der Waals surface area contributed by atoms with E-state index in [1.54, 1.807) is 24.3 Å². The van der Waals surface area contributed by atoms with Gasteiger partial charge in [-0.3, -0.25) is 9.59 Å². The van der Waals surface area contributed by atoms with Crippen LogP contribution in [0.5, 0.6) is 5.75 Å². The van der Waals surface area contributed by atoms with Crippen molar-refractivity contribution in [3.8, 4) is 5.75 Å². The molecule has 2 amide bonds. The largest absolute Gasteiger partial charge is 0.495 e. The second kappa shape index (κ2) is 10.8. The van der Waals surface area contributed by atoms with E-state index in [-0.39, 0.29) is 29.2 Å². The normalized spacial score (nSPS) is 11.1. The highest BCUT2D eigenvalue weighted by Crippen LogP contribution is 2.25. The van der Waals surface area contributed by atoms with E-state index in [0.717, 1.165) is 11.1 Å². The molecule has 0 aromatic heterocycles. The topological polar surface area (TPSA) is 128 Å². The van der Waals surface area contributed by atoms with Crippen LogP contribution < -0.4 is 20.5 Å². The fourth-order valence-corrected chi connectivity index (χ4v) is 4.42. The number of primary amides is 1. The first kappa shape index (κ1) is 24.0. The number of hydrogen-bond acceptors (Lipinski definition) is 5. The molecular formula is C24H25N3O5S. The molecule has 9 heteroatoms. The molecule has 33 heavy (non-hydrogen) atoms. The van der Waals surface area contributed by atoms with Crippen molar-refractivity contribution in [3.63, 3.8) is 0 Å². The monoisotopic (exact) mass is 467 g/mol. The second-order valence-electron chi connectivity index (χ2n) is 7.29. The summed E-state index contributed by atoms with van der Waals surface area (Å²) in [5.41, 5.74) is 7.55. The minimum absolute atomic E-state index is 0.102. The predicted octanol–water partition coefficient (Wildman–Crippen LogP) is 2.50. The second-order valence-corrected chi connectivity index (χ2v) is 9.03. The number of carbonyl (C=O) groups excluding carboxylic acids is 2. The molecule has 0 atom stereocenters. The zero-order valence-electron chi connectivity index (χ0n) is 18.1. The molecule has 0 heterocycles.